The molecule has 0 amide bonds. The molecular weight excluding hydrogens is 207 g/mol. The van der Waals surface area contributed by atoms with E-state index in [2.05, 4.69) is 5.10 Å². The Morgan fingerprint density at radius 2 is 2.15 bits per heavy atom. The molecule has 0 spiro atoms. The molecule has 0 fully saturated rings. The highest BCUT2D eigenvalue weighted by molar-refractivity contribution is 6.17. The van der Waals surface area contributed by atoms with Gasteiger partial charge in [0.25, 0.3) is 0 Å². The van der Waals surface area contributed by atoms with Crippen molar-refractivity contribution in [3.8, 4) is 0 Å². The average molecular weight is 214 g/mol. The minimum Gasteiger partial charge on any atom is -0.396 e. The predicted octanol–water partition coefficient (Wildman–Crippen LogP) is 1.72. The fourth-order valence-electron chi connectivity index (χ4n) is 0.959. The molecule has 0 unspecified atom stereocenters. The number of anilines is 1. The zero-order valence-corrected chi connectivity index (χ0v) is 7.23. The molecule has 7 heteroatoms. The first-order valence-corrected chi connectivity index (χ1v) is 3.94. The van der Waals surface area contributed by atoms with E-state index in [0.29, 0.717) is 0 Å². The Bertz CT molecular complexity index is 294. The van der Waals surface area contributed by atoms with Crippen LogP contribution in [-0.4, -0.2) is 15.7 Å². The molecule has 1 heterocycles. The fraction of sp³-hybridized carbons (Fsp3) is 0.500. The molecule has 74 valence electrons. The number of halogens is 4. The molecule has 0 aliphatic heterocycles. The molecule has 0 aromatic carbocycles. The first-order valence-electron chi connectivity index (χ1n) is 3.41. The van der Waals surface area contributed by atoms with Gasteiger partial charge in [-0.2, -0.15) is 18.3 Å². The first kappa shape index (κ1) is 10.2. The fourth-order valence-corrected chi connectivity index (χ4v) is 1.12. The number of nitrogen functional groups attached to an aromatic ring is 1. The number of nitrogens with zero attached hydrogens (tertiary/aromatic N) is 2. The van der Waals surface area contributed by atoms with Crippen molar-refractivity contribution >= 4 is 17.3 Å². The first-order chi connectivity index (χ1) is 5.96. The van der Waals surface area contributed by atoms with E-state index in [1.165, 1.54) is 0 Å². The zero-order chi connectivity index (χ0) is 10.1. The summed E-state index contributed by atoms with van der Waals surface area (Å²) in [5, 5.41) is 3.46. The van der Waals surface area contributed by atoms with Crippen LogP contribution in [0.4, 0.5) is 18.9 Å². The van der Waals surface area contributed by atoms with E-state index in [9.17, 15) is 13.2 Å². The topological polar surface area (TPSA) is 43.8 Å². The number of hydrogen-bond donors (Lipinski definition) is 1. The Labute approximate surface area is 77.3 Å². The lowest BCUT2D eigenvalue weighted by molar-refractivity contribution is -0.143. The third kappa shape index (κ3) is 2.06. The van der Waals surface area contributed by atoms with Crippen molar-refractivity contribution in [2.24, 2.45) is 0 Å². The Hall–Kier alpha value is -0.910. The van der Waals surface area contributed by atoms with Gasteiger partial charge in [-0.05, 0) is 0 Å². The molecule has 1 rings (SSSR count). The van der Waals surface area contributed by atoms with Gasteiger partial charge in [-0.15, -0.1) is 11.6 Å². The molecule has 1 aromatic rings. The molecular formula is C6H7ClF3N3. The van der Waals surface area contributed by atoms with Crippen LogP contribution in [0.1, 0.15) is 5.69 Å². The molecule has 3 nitrogen and oxygen atoms in total. The largest absolute Gasteiger partial charge is 0.435 e. The lowest BCUT2D eigenvalue weighted by Crippen LogP contribution is -2.16. The lowest BCUT2D eigenvalue weighted by Gasteiger charge is -2.09. The maximum atomic E-state index is 12.3. The molecule has 0 saturated heterocycles. The van der Waals surface area contributed by atoms with Crippen molar-refractivity contribution in [3.05, 3.63) is 11.9 Å². The smallest absolute Gasteiger partial charge is 0.396 e. The normalized spacial score (nSPS) is 12.0. The van der Waals surface area contributed by atoms with Gasteiger partial charge in [0, 0.05) is 5.88 Å². The quantitative estimate of drug-likeness (QED) is 0.761. The van der Waals surface area contributed by atoms with Gasteiger partial charge in [-0.25, -0.2) is 0 Å². The molecule has 0 atom stereocenters. The number of rotatable bonds is 2. The molecule has 0 aliphatic carbocycles. The Balaban J connectivity index is 3.09. The van der Waals surface area contributed by atoms with Crippen molar-refractivity contribution in [1.29, 1.82) is 0 Å². The van der Waals surface area contributed by atoms with E-state index in [1.807, 2.05) is 0 Å². The van der Waals surface area contributed by atoms with Crippen molar-refractivity contribution < 1.29 is 13.2 Å². The summed E-state index contributed by atoms with van der Waals surface area (Å²) in [6.45, 7) is -0.00635. The SMILES string of the molecule is Nc1cnn(CCCl)c1C(F)(F)F. The van der Waals surface area contributed by atoms with Crippen LogP contribution in [0, 0.1) is 0 Å². The zero-order valence-electron chi connectivity index (χ0n) is 6.48. The van der Waals surface area contributed by atoms with Crippen LogP contribution in [0.3, 0.4) is 0 Å². The minimum atomic E-state index is -4.48. The highest BCUT2D eigenvalue weighted by Crippen LogP contribution is 2.33. The standard InChI is InChI=1S/C6H7ClF3N3/c7-1-2-13-5(6(8,9)10)4(11)3-12-13/h3H,1-2,11H2. The molecule has 13 heavy (non-hydrogen) atoms. The van der Waals surface area contributed by atoms with Crippen LogP contribution >= 0.6 is 11.6 Å². The van der Waals surface area contributed by atoms with E-state index >= 15 is 0 Å². The lowest BCUT2D eigenvalue weighted by atomic mass is 10.3. The Kier molecular flexibility index (Phi) is 2.70. The molecule has 2 N–H and O–H groups in total. The van der Waals surface area contributed by atoms with E-state index < -0.39 is 11.9 Å². The second-order valence-electron chi connectivity index (χ2n) is 2.36. The highest BCUT2D eigenvalue weighted by atomic mass is 35.5. The van der Waals surface area contributed by atoms with Crippen LogP contribution in [0.15, 0.2) is 6.20 Å². The number of aromatic nitrogens is 2. The van der Waals surface area contributed by atoms with Crippen molar-refractivity contribution in [2.45, 2.75) is 12.7 Å². The summed E-state index contributed by atoms with van der Waals surface area (Å²) in [5.74, 6) is 0.0597. The molecule has 0 radical (unpaired) electrons. The van der Waals surface area contributed by atoms with Crippen LogP contribution in [0.5, 0.6) is 0 Å². The van der Waals surface area contributed by atoms with Gasteiger partial charge in [0.1, 0.15) is 0 Å². The van der Waals surface area contributed by atoms with Gasteiger partial charge in [0.15, 0.2) is 5.69 Å². The second kappa shape index (κ2) is 3.45. The van der Waals surface area contributed by atoms with Gasteiger partial charge in [-0.1, -0.05) is 0 Å². The van der Waals surface area contributed by atoms with Gasteiger partial charge in [-0.3, -0.25) is 4.68 Å². The van der Waals surface area contributed by atoms with Crippen LogP contribution < -0.4 is 5.73 Å². The van der Waals surface area contributed by atoms with Crippen LogP contribution in [-0.2, 0) is 12.7 Å². The van der Waals surface area contributed by atoms with E-state index in [4.69, 9.17) is 17.3 Å². The maximum Gasteiger partial charge on any atom is 0.435 e. The van der Waals surface area contributed by atoms with Crippen molar-refractivity contribution in [1.82, 2.24) is 9.78 Å². The Morgan fingerprint density at radius 1 is 1.54 bits per heavy atom. The summed E-state index contributed by atoms with van der Waals surface area (Å²) < 4.78 is 37.6. The van der Waals surface area contributed by atoms with Crippen LogP contribution in [0.2, 0.25) is 0 Å². The Morgan fingerprint density at radius 3 is 2.62 bits per heavy atom. The van der Waals surface area contributed by atoms with Gasteiger partial charge in [0.05, 0.1) is 18.4 Å². The number of nitrogens with two attached hydrogens (primary N) is 1. The van der Waals surface area contributed by atoms with Crippen molar-refractivity contribution in [2.75, 3.05) is 11.6 Å². The molecule has 0 saturated carbocycles. The number of alkyl halides is 4. The second-order valence-corrected chi connectivity index (χ2v) is 2.74. The van der Waals surface area contributed by atoms with E-state index in [-0.39, 0.29) is 18.1 Å². The molecule has 0 aliphatic rings. The minimum absolute atomic E-state index is 0.00635. The van der Waals surface area contributed by atoms with Gasteiger partial charge >= 0.3 is 6.18 Å². The number of hydrogen-bond acceptors (Lipinski definition) is 2. The summed E-state index contributed by atoms with van der Waals surface area (Å²) in [7, 11) is 0. The third-order valence-electron chi connectivity index (χ3n) is 1.43. The third-order valence-corrected chi connectivity index (χ3v) is 1.60. The van der Waals surface area contributed by atoms with Crippen LogP contribution in [0.25, 0.3) is 0 Å². The van der Waals surface area contributed by atoms with Crippen molar-refractivity contribution in [3.63, 3.8) is 0 Å². The van der Waals surface area contributed by atoms with E-state index in [1.54, 1.807) is 0 Å². The maximum absolute atomic E-state index is 12.3. The summed E-state index contributed by atoms with van der Waals surface area (Å²) in [4.78, 5) is 0. The monoisotopic (exact) mass is 213 g/mol. The molecule has 0 bridgehead atoms. The van der Waals surface area contributed by atoms with E-state index in [0.717, 1.165) is 10.9 Å². The number of aryl methyl sites for hydroxylation is 1. The van der Waals surface area contributed by atoms with Gasteiger partial charge in [0.2, 0.25) is 0 Å². The molecule has 1 aromatic heterocycles. The predicted molar refractivity (Wildman–Crippen MR) is 42.4 cm³/mol. The average Bonchev–Trinajstić information content (AvgIpc) is 2.31. The van der Waals surface area contributed by atoms with Gasteiger partial charge < -0.3 is 5.73 Å². The summed E-state index contributed by atoms with van der Waals surface area (Å²) in [6.07, 6.45) is -3.51. The highest BCUT2D eigenvalue weighted by Gasteiger charge is 2.37. The summed E-state index contributed by atoms with van der Waals surface area (Å²) in [5.41, 5.74) is 3.80. The summed E-state index contributed by atoms with van der Waals surface area (Å²) >= 11 is 5.30. The summed E-state index contributed by atoms with van der Waals surface area (Å²) in [6, 6.07) is 0.